The van der Waals surface area contributed by atoms with E-state index in [1.807, 2.05) is 65.3 Å². The van der Waals surface area contributed by atoms with Gasteiger partial charge >= 0.3 is 0 Å². The lowest BCUT2D eigenvalue weighted by molar-refractivity contribution is 0.467. The molecule has 0 amide bonds. The first-order valence-corrected chi connectivity index (χ1v) is 12.7. The van der Waals surface area contributed by atoms with Crippen molar-refractivity contribution in [1.29, 1.82) is 0 Å². The quantitative estimate of drug-likeness (QED) is 0.369. The predicted molar refractivity (Wildman–Crippen MR) is 129 cm³/mol. The summed E-state index contributed by atoms with van der Waals surface area (Å²) in [6.07, 6.45) is 7.65. The van der Waals surface area contributed by atoms with Crippen LogP contribution in [0.15, 0.2) is 96.2 Å². The summed E-state index contributed by atoms with van der Waals surface area (Å²) in [4.78, 5) is 4.58. The average Bonchev–Trinajstić information content (AvgIpc) is 3.55. The lowest BCUT2D eigenvalue weighted by Crippen LogP contribution is -2.31. The lowest BCUT2D eigenvalue weighted by Gasteiger charge is -2.23. The van der Waals surface area contributed by atoms with E-state index in [4.69, 9.17) is 5.10 Å². The van der Waals surface area contributed by atoms with Gasteiger partial charge in [0, 0.05) is 18.0 Å². The van der Waals surface area contributed by atoms with Crippen LogP contribution in [0.2, 0.25) is 0 Å². The smallest absolute Gasteiger partial charge is 0.268 e. The van der Waals surface area contributed by atoms with Crippen molar-refractivity contribution in [3.63, 3.8) is 0 Å². The molecule has 1 aliphatic carbocycles. The molecule has 0 N–H and O–H groups in total. The van der Waals surface area contributed by atoms with Crippen LogP contribution in [0.1, 0.15) is 37.3 Å². The highest BCUT2D eigenvalue weighted by atomic mass is 32.2. The summed E-state index contributed by atoms with van der Waals surface area (Å²) < 4.78 is 31.6. The van der Waals surface area contributed by atoms with E-state index >= 15 is 0 Å². The van der Waals surface area contributed by atoms with Gasteiger partial charge in [0.15, 0.2) is 0 Å². The maximum atomic E-state index is 14.2. The third-order valence-electron chi connectivity index (χ3n) is 6.09. The Hall–Kier alpha value is -3.45. The highest BCUT2D eigenvalue weighted by molar-refractivity contribution is 7.93. The fourth-order valence-corrected chi connectivity index (χ4v) is 5.93. The molecule has 2 aromatic carbocycles. The summed E-state index contributed by atoms with van der Waals surface area (Å²) in [5, 5.41) is 4.80. The third kappa shape index (κ3) is 4.41. The van der Waals surface area contributed by atoms with Crippen LogP contribution in [-0.2, 0) is 16.6 Å². The second-order valence-electron chi connectivity index (χ2n) is 8.31. The first-order valence-electron chi connectivity index (χ1n) is 11.3. The molecule has 0 atom stereocenters. The van der Waals surface area contributed by atoms with Gasteiger partial charge in [0.25, 0.3) is 10.0 Å². The van der Waals surface area contributed by atoms with Gasteiger partial charge in [0.1, 0.15) is 16.4 Å². The summed E-state index contributed by atoms with van der Waals surface area (Å²) >= 11 is 0. The number of anilines is 1. The summed E-state index contributed by atoms with van der Waals surface area (Å²) in [7, 11) is -3.95. The zero-order chi connectivity index (χ0) is 22.7. The van der Waals surface area contributed by atoms with Crippen LogP contribution in [0.5, 0.6) is 0 Å². The average molecular weight is 459 g/mol. The van der Waals surface area contributed by atoms with Crippen molar-refractivity contribution in [2.75, 3.05) is 4.31 Å². The second kappa shape index (κ2) is 9.19. The van der Waals surface area contributed by atoms with Gasteiger partial charge in [-0.05, 0) is 30.5 Å². The molecule has 1 fully saturated rings. The van der Waals surface area contributed by atoms with Crippen molar-refractivity contribution in [1.82, 2.24) is 14.8 Å². The van der Waals surface area contributed by atoms with Crippen molar-refractivity contribution in [3.05, 3.63) is 96.8 Å². The zero-order valence-electron chi connectivity index (χ0n) is 18.3. The fourth-order valence-electron chi connectivity index (χ4n) is 4.37. The van der Waals surface area contributed by atoms with Crippen LogP contribution < -0.4 is 4.31 Å². The molecule has 2 heterocycles. The first kappa shape index (κ1) is 21.4. The SMILES string of the molecule is O=S(=O)(c1cn(C2CCCC2)nc1-c1ccccc1)N(Cc1ccccc1)c1ccccn1. The van der Waals surface area contributed by atoms with E-state index in [0.29, 0.717) is 11.5 Å². The summed E-state index contributed by atoms with van der Waals surface area (Å²) in [6, 6.07) is 24.7. The molecule has 5 rings (SSSR count). The number of pyridine rings is 1. The number of rotatable bonds is 7. The second-order valence-corrected chi connectivity index (χ2v) is 10.1. The topological polar surface area (TPSA) is 68.1 Å². The van der Waals surface area contributed by atoms with E-state index in [2.05, 4.69) is 4.98 Å². The van der Waals surface area contributed by atoms with Crippen molar-refractivity contribution in [3.8, 4) is 11.3 Å². The van der Waals surface area contributed by atoms with Crippen LogP contribution in [0.4, 0.5) is 5.82 Å². The maximum Gasteiger partial charge on any atom is 0.269 e. The highest BCUT2D eigenvalue weighted by Gasteiger charge is 2.33. The normalized spacial score (nSPS) is 14.4. The minimum Gasteiger partial charge on any atom is -0.268 e. The predicted octanol–water partition coefficient (Wildman–Crippen LogP) is 5.46. The van der Waals surface area contributed by atoms with Gasteiger partial charge in [-0.3, -0.25) is 4.68 Å². The lowest BCUT2D eigenvalue weighted by atomic mass is 10.2. The van der Waals surface area contributed by atoms with Gasteiger partial charge in [-0.25, -0.2) is 17.7 Å². The largest absolute Gasteiger partial charge is 0.269 e. The Kier molecular flexibility index (Phi) is 5.96. The minimum absolute atomic E-state index is 0.184. The molecule has 0 spiro atoms. The molecule has 2 aromatic heterocycles. The number of sulfonamides is 1. The highest BCUT2D eigenvalue weighted by Crippen LogP contribution is 2.35. The fraction of sp³-hybridized carbons (Fsp3) is 0.231. The van der Waals surface area contributed by atoms with Crippen LogP contribution in [0.3, 0.4) is 0 Å². The van der Waals surface area contributed by atoms with Gasteiger partial charge in [-0.15, -0.1) is 0 Å². The van der Waals surface area contributed by atoms with Crippen LogP contribution in [0.25, 0.3) is 11.3 Å². The Labute approximate surface area is 194 Å². The number of hydrogen-bond acceptors (Lipinski definition) is 4. The number of aromatic nitrogens is 3. The van der Waals surface area contributed by atoms with Crippen LogP contribution in [-0.4, -0.2) is 23.2 Å². The van der Waals surface area contributed by atoms with E-state index in [9.17, 15) is 8.42 Å². The number of hydrogen-bond donors (Lipinski definition) is 0. The van der Waals surface area contributed by atoms with Crippen molar-refractivity contribution < 1.29 is 8.42 Å². The molecule has 0 unspecified atom stereocenters. The standard InChI is InChI=1S/C26H26N4O2S/c31-33(32,30(25-17-9-10-18-27-25)19-21-11-3-1-4-12-21)24-20-29(23-15-7-8-16-23)28-26(24)22-13-5-2-6-14-22/h1-6,9-14,17-18,20,23H,7-8,15-16,19H2. The van der Waals surface area contributed by atoms with Crippen LogP contribution in [0, 0.1) is 0 Å². The molecular weight excluding hydrogens is 432 g/mol. The number of benzene rings is 2. The van der Waals surface area contributed by atoms with E-state index < -0.39 is 10.0 Å². The molecular formula is C26H26N4O2S. The van der Waals surface area contributed by atoms with Crippen molar-refractivity contribution in [2.24, 2.45) is 0 Å². The molecule has 7 heteroatoms. The Morgan fingerprint density at radius 3 is 2.21 bits per heavy atom. The molecule has 0 bridgehead atoms. The molecule has 4 aromatic rings. The number of nitrogens with zero attached hydrogens (tertiary/aromatic N) is 4. The van der Waals surface area contributed by atoms with Gasteiger partial charge in [-0.2, -0.15) is 5.10 Å². The molecule has 168 valence electrons. The van der Waals surface area contributed by atoms with E-state index in [-0.39, 0.29) is 17.5 Å². The molecule has 0 radical (unpaired) electrons. The third-order valence-corrected chi connectivity index (χ3v) is 7.84. The molecule has 6 nitrogen and oxygen atoms in total. The van der Waals surface area contributed by atoms with E-state index in [1.54, 1.807) is 30.6 Å². The molecule has 1 saturated carbocycles. The van der Waals surface area contributed by atoms with Crippen LogP contribution >= 0.6 is 0 Å². The maximum absolute atomic E-state index is 14.2. The van der Waals surface area contributed by atoms with Gasteiger partial charge < -0.3 is 0 Å². The summed E-state index contributed by atoms with van der Waals surface area (Å²) in [5.41, 5.74) is 2.15. The van der Waals surface area contributed by atoms with E-state index in [0.717, 1.165) is 36.8 Å². The first-order chi connectivity index (χ1) is 16.1. The Morgan fingerprint density at radius 2 is 1.55 bits per heavy atom. The Balaban J connectivity index is 1.64. The van der Waals surface area contributed by atoms with Crippen molar-refractivity contribution >= 4 is 15.8 Å². The van der Waals surface area contributed by atoms with Crippen molar-refractivity contribution in [2.45, 2.75) is 43.2 Å². The summed E-state index contributed by atoms with van der Waals surface area (Å²) in [5.74, 6) is 0.383. The monoisotopic (exact) mass is 458 g/mol. The van der Waals surface area contributed by atoms with Gasteiger partial charge in [0.2, 0.25) is 0 Å². The minimum atomic E-state index is -3.95. The Bertz CT molecular complexity index is 1300. The van der Waals surface area contributed by atoms with Gasteiger partial charge in [0.05, 0.1) is 12.6 Å². The Morgan fingerprint density at radius 1 is 0.879 bits per heavy atom. The molecule has 0 aliphatic heterocycles. The molecule has 1 aliphatic rings. The summed E-state index contributed by atoms with van der Waals surface area (Å²) in [6.45, 7) is 0.184. The van der Waals surface area contributed by atoms with Gasteiger partial charge in [-0.1, -0.05) is 79.6 Å². The molecule has 33 heavy (non-hydrogen) atoms. The molecule has 0 saturated heterocycles. The van der Waals surface area contributed by atoms with E-state index in [1.165, 1.54) is 4.31 Å². The zero-order valence-corrected chi connectivity index (χ0v) is 19.1.